The van der Waals surface area contributed by atoms with Gasteiger partial charge in [0.05, 0.1) is 12.7 Å². The Morgan fingerprint density at radius 1 is 1.29 bits per heavy atom. The van der Waals surface area contributed by atoms with E-state index in [4.69, 9.17) is 4.74 Å². The van der Waals surface area contributed by atoms with E-state index in [1.165, 1.54) is 13.2 Å². The third kappa shape index (κ3) is 4.23. The van der Waals surface area contributed by atoms with Crippen molar-refractivity contribution in [1.29, 1.82) is 0 Å². The summed E-state index contributed by atoms with van der Waals surface area (Å²) in [6, 6.07) is 3.43. The fourth-order valence-electron chi connectivity index (χ4n) is 1.17. The Hall–Kier alpha value is -1.28. The topological polar surface area (TPSA) is 9.23 Å². The molecule has 0 amide bonds. The van der Waals surface area contributed by atoms with Gasteiger partial charge in [-0.05, 0) is 18.2 Å². The van der Waals surface area contributed by atoms with Crippen LogP contribution in [0.2, 0.25) is 0 Å². The quantitative estimate of drug-likeness (QED) is 0.633. The molecule has 1 aromatic rings. The van der Waals surface area contributed by atoms with Crippen molar-refractivity contribution >= 4 is 12.6 Å². The summed E-state index contributed by atoms with van der Waals surface area (Å²) in [4.78, 5) is 0. The van der Waals surface area contributed by atoms with Crippen LogP contribution in [0.15, 0.2) is 18.2 Å². The lowest BCUT2D eigenvalue weighted by Crippen LogP contribution is -2.05. The molecular formula is C12H11F3OS. The van der Waals surface area contributed by atoms with E-state index in [1.807, 2.05) is 0 Å². The molecule has 0 atom stereocenters. The Bertz CT molecular complexity index is 443. The number of ether oxygens (including phenoxy) is 1. The van der Waals surface area contributed by atoms with Gasteiger partial charge >= 0.3 is 6.18 Å². The third-order valence-electron chi connectivity index (χ3n) is 1.94. The van der Waals surface area contributed by atoms with Gasteiger partial charge in [0.2, 0.25) is 0 Å². The maximum absolute atomic E-state index is 12.6. The van der Waals surface area contributed by atoms with Crippen LogP contribution in [-0.2, 0) is 6.18 Å². The summed E-state index contributed by atoms with van der Waals surface area (Å²) in [5.74, 6) is 6.11. The smallest absolute Gasteiger partial charge is 0.416 e. The van der Waals surface area contributed by atoms with Gasteiger partial charge in [0.25, 0.3) is 0 Å². The normalized spacial score (nSPS) is 10.6. The summed E-state index contributed by atoms with van der Waals surface area (Å²) in [6.45, 7) is 0. The molecule has 0 spiro atoms. The highest BCUT2D eigenvalue weighted by molar-refractivity contribution is 7.80. The lowest BCUT2D eigenvalue weighted by molar-refractivity contribution is -0.137. The van der Waals surface area contributed by atoms with Crippen LogP contribution in [0.25, 0.3) is 0 Å². The van der Waals surface area contributed by atoms with Crippen LogP contribution in [0.5, 0.6) is 5.75 Å². The number of hydrogen-bond donors (Lipinski definition) is 1. The van der Waals surface area contributed by atoms with Crippen molar-refractivity contribution in [2.45, 2.75) is 12.6 Å². The minimum atomic E-state index is -4.39. The SMILES string of the molecule is COc1cc(C#CCCS)cc(C(F)(F)F)c1. The molecule has 5 heteroatoms. The van der Waals surface area contributed by atoms with Crippen molar-refractivity contribution in [2.75, 3.05) is 12.9 Å². The first-order chi connectivity index (χ1) is 7.97. The molecule has 1 aromatic carbocycles. The molecular weight excluding hydrogens is 249 g/mol. The molecule has 1 rings (SSSR count). The highest BCUT2D eigenvalue weighted by Crippen LogP contribution is 2.32. The van der Waals surface area contributed by atoms with Gasteiger partial charge in [0, 0.05) is 17.7 Å². The average molecular weight is 260 g/mol. The van der Waals surface area contributed by atoms with Crippen LogP contribution in [-0.4, -0.2) is 12.9 Å². The fourth-order valence-corrected chi connectivity index (χ4v) is 1.29. The summed E-state index contributed by atoms with van der Waals surface area (Å²) >= 11 is 3.96. The number of hydrogen-bond acceptors (Lipinski definition) is 2. The molecule has 0 aliphatic rings. The second-order valence-corrected chi connectivity index (χ2v) is 3.67. The fraction of sp³-hybridized carbons (Fsp3) is 0.333. The predicted molar refractivity (Wildman–Crippen MR) is 63.3 cm³/mol. The average Bonchev–Trinajstić information content (AvgIpc) is 2.28. The predicted octanol–water partition coefficient (Wildman–Crippen LogP) is 3.39. The van der Waals surface area contributed by atoms with E-state index < -0.39 is 11.7 Å². The van der Waals surface area contributed by atoms with E-state index in [0.717, 1.165) is 12.1 Å². The van der Waals surface area contributed by atoms with Crippen LogP contribution in [0.1, 0.15) is 17.5 Å². The van der Waals surface area contributed by atoms with Crippen molar-refractivity contribution in [3.05, 3.63) is 29.3 Å². The van der Waals surface area contributed by atoms with Gasteiger partial charge in [-0.3, -0.25) is 0 Å². The van der Waals surface area contributed by atoms with E-state index in [1.54, 1.807) is 0 Å². The van der Waals surface area contributed by atoms with Gasteiger partial charge in [0.15, 0.2) is 0 Å². The number of methoxy groups -OCH3 is 1. The van der Waals surface area contributed by atoms with E-state index in [0.29, 0.717) is 17.7 Å². The van der Waals surface area contributed by atoms with E-state index in [9.17, 15) is 13.2 Å². The van der Waals surface area contributed by atoms with E-state index in [2.05, 4.69) is 24.5 Å². The molecule has 0 N–H and O–H groups in total. The minimum absolute atomic E-state index is 0.148. The molecule has 0 bridgehead atoms. The number of benzene rings is 1. The zero-order valence-electron chi connectivity index (χ0n) is 9.14. The summed E-state index contributed by atoms with van der Waals surface area (Å²) < 4.78 is 42.5. The Balaban J connectivity index is 3.11. The Morgan fingerprint density at radius 3 is 2.53 bits per heavy atom. The second kappa shape index (κ2) is 5.87. The molecule has 0 saturated carbocycles. The van der Waals surface area contributed by atoms with Crippen LogP contribution in [0, 0.1) is 11.8 Å². The Morgan fingerprint density at radius 2 is 2.00 bits per heavy atom. The summed E-state index contributed by atoms with van der Waals surface area (Å²) in [7, 11) is 1.32. The molecule has 0 saturated heterocycles. The van der Waals surface area contributed by atoms with E-state index in [-0.39, 0.29) is 5.75 Å². The monoisotopic (exact) mass is 260 g/mol. The molecule has 0 unspecified atom stereocenters. The molecule has 0 aromatic heterocycles. The lowest BCUT2D eigenvalue weighted by Gasteiger charge is -2.09. The molecule has 0 heterocycles. The van der Waals surface area contributed by atoms with Gasteiger partial charge in [-0.15, -0.1) is 0 Å². The molecule has 0 aliphatic carbocycles. The zero-order chi connectivity index (χ0) is 12.9. The lowest BCUT2D eigenvalue weighted by atomic mass is 10.1. The summed E-state index contributed by atoms with van der Waals surface area (Å²) in [5, 5.41) is 0. The van der Waals surface area contributed by atoms with Crippen molar-refractivity contribution in [3.63, 3.8) is 0 Å². The largest absolute Gasteiger partial charge is 0.497 e. The first-order valence-electron chi connectivity index (χ1n) is 4.83. The Kier molecular flexibility index (Phi) is 4.76. The van der Waals surface area contributed by atoms with Crippen molar-refractivity contribution in [1.82, 2.24) is 0 Å². The summed E-state index contributed by atoms with van der Waals surface area (Å²) in [6.07, 6.45) is -3.86. The van der Waals surface area contributed by atoms with Crippen molar-refractivity contribution in [3.8, 4) is 17.6 Å². The van der Waals surface area contributed by atoms with Gasteiger partial charge in [0.1, 0.15) is 5.75 Å². The molecule has 1 nitrogen and oxygen atoms in total. The van der Waals surface area contributed by atoms with Gasteiger partial charge < -0.3 is 4.74 Å². The minimum Gasteiger partial charge on any atom is -0.497 e. The van der Waals surface area contributed by atoms with Crippen LogP contribution >= 0.6 is 12.6 Å². The molecule has 0 radical (unpaired) electrons. The second-order valence-electron chi connectivity index (χ2n) is 3.22. The van der Waals surface area contributed by atoms with Crippen molar-refractivity contribution in [2.24, 2.45) is 0 Å². The van der Waals surface area contributed by atoms with Crippen LogP contribution in [0.4, 0.5) is 13.2 Å². The number of halogens is 3. The van der Waals surface area contributed by atoms with E-state index >= 15 is 0 Å². The first kappa shape index (κ1) is 13.8. The highest BCUT2D eigenvalue weighted by Gasteiger charge is 2.31. The number of alkyl halides is 3. The van der Waals surface area contributed by atoms with Crippen molar-refractivity contribution < 1.29 is 17.9 Å². The maximum Gasteiger partial charge on any atom is 0.416 e. The molecule has 0 aliphatic heterocycles. The van der Waals surface area contributed by atoms with Gasteiger partial charge in [-0.2, -0.15) is 25.8 Å². The molecule has 92 valence electrons. The van der Waals surface area contributed by atoms with Crippen LogP contribution < -0.4 is 4.74 Å². The van der Waals surface area contributed by atoms with Gasteiger partial charge in [-0.1, -0.05) is 11.8 Å². The number of rotatable bonds is 2. The standard InChI is InChI=1S/C12H11F3OS/c1-16-11-7-9(4-2-3-5-17)6-10(8-11)12(13,14)15/h6-8,17H,3,5H2,1H3. The Labute approximate surface area is 103 Å². The third-order valence-corrected chi connectivity index (χ3v) is 2.16. The highest BCUT2D eigenvalue weighted by atomic mass is 32.1. The van der Waals surface area contributed by atoms with Crippen LogP contribution in [0.3, 0.4) is 0 Å². The first-order valence-corrected chi connectivity index (χ1v) is 5.46. The maximum atomic E-state index is 12.6. The zero-order valence-corrected chi connectivity index (χ0v) is 10.0. The molecule has 0 fully saturated rings. The number of thiol groups is 1. The summed E-state index contributed by atoms with van der Waals surface area (Å²) in [5.41, 5.74) is -0.467. The molecule has 17 heavy (non-hydrogen) atoms. The van der Waals surface area contributed by atoms with Gasteiger partial charge in [-0.25, -0.2) is 0 Å².